The van der Waals surface area contributed by atoms with Crippen molar-refractivity contribution in [1.29, 1.82) is 5.26 Å². The minimum atomic E-state index is -3.30. The van der Waals surface area contributed by atoms with E-state index in [0.29, 0.717) is 59.7 Å². The number of carbonyl (C=O) groups is 1. The van der Waals surface area contributed by atoms with Crippen molar-refractivity contribution in [3.8, 4) is 17.3 Å². The van der Waals surface area contributed by atoms with Gasteiger partial charge < -0.3 is 9.72 Å². The molecule has 0 bridgehead atoms. The Kier molecular flexibility index (Phi) is 4.76. The molecule has 0 unspecified atom stereocenters. The molecule has 2 saturated heterocycles. The van der Waals surface area contributed by atoms with Gasteiger partial charge in [0.1, 0.15) is 35.9 Å². The van der Waals surface area contributed by atoms with Crippen LogP contribution in [0.4, 0.5) is 10.6 Å². The number of nitrogens with zero attached hydrogens (tertiary/aromatic N) is 7. The van der Waals surface area contributed by atoms with E-state index in [-0.39, 0.29) is 6.61 Å². The monoisotopic (exact) mass is 471 g/mol. The molecule has 2 aliphatic heterocycles. The van der Waals surface area contributed by atoms with Crippen LogP contribution in [0.25, 0.3) is 22.3 Å². The first-order valence-electron chi connectivity index (χ1n) is 10.2. The van der Waals surface area contributed by atoms with E-state index in [1.54, 1.807) is 19.3 Å². The second kappa shape index (κ2) is 7.42. The van der Waals surface area contributed by atoms with Gasteiger partial charge in [0.05, 0.1) is 29.1 Å². The predicted octanol–water partition coefficient (Wildman–Crippen LogP) is 0.803. The highest BCUT2D eigenvalue weighted by Crippen LogP contribution is 2.36. The number of aromatic amines is 1. The number of aromatic nitrogens is 5. The Labute approximate surface area is 189 Å². The van der Waals surface area contributed by atoms with Crippen LogP contribution in [-0.2, 0) is 21.8 Å². The average molecular weight is 472 g/mol. The fraction of sp³-hybridized carbons (Fsp3) is 0.421. The Bertz CT molecular complexity index is 1400. The van der Waals surface area contributed by atoms with Crippen LogP contribution in [0.5, 0.6) is 0 Å². The van der Waals surface area contributed by atoms with Crippen molar-refractivity contribution in [3.05, 3.63) is 24.3 Å². The first kappa shape index (κ1) is 21.2. The van der Waals surface area contributed by atoms with Crippen molar-refractivity contribution >= 4 is 33.0 Å². The first-order valence-corrected chi connectivity index (χ1v) is 12.0. The van der Waals surface area contributed by atoms with Gasteiger partial charge in [0.15, 0.2) is 5.82 Å². The molecule has 0 saturated carbocycles. The summed E-state index contributed by atoms with van der Waals surface area (Å²) in [6.07, 6.45) is 4.42. The minimum absolute atomic E-state index is 0.157. The summed E-state index contributed by atoms with van der Waals surface area (Å²) in [5.41, 5.74) is 4.56. The van der Waals surface area contributed by atoms with Gasteiger partial charge in [-0.2, -0.15) is 10.4 Å². The maximum atomic E-state index is 12.6. The second-order valence-corrected chi connectivity index (χ2v) is 10.2. The van der Waals surface area contributed by atoms with Crippen LogP contribution in [0.1, 0.15) is 18.5 Å². The fourth-order valence-corrected chi connectivity index (χ4v) is 5.18. The number of hydrogen-bond donors (Lipinski definition) is 2. The number of ether oxygens (including phenoxy) is 1. The maximum absolute atomic E-state index is 12.6. The predicted molar refractivity (Wildman–Crippen MR) is 116 cm³/mol. The number of rotatable bonds is 4. The molecule has 14 heteroatoms. The number of piperidine rings is 1. The van der Waals surface area contributed by atoms with Gasteiger partial charge in [-0.1, -0.05) is 0 Å². The average Bonchev–Trinajstić information content (AvgIpc) is 3.45. The summed E-state index contributed by atoms with van der Waals surface area (Å²) in [6.45, 7) is 0.739. The minimum Gasteiger partial charge on any atom is -0.446 e. The first-order chi connectivity index (χ1) is 15.7. The smallest absolute Gasteiger partial charge is 0.429 e. The number of fused-ring (bicyclic) bond motifs is 1. The summed E-state index contributed by atoms with van der Waals surface area (Å²) in [5, 5.41) is 15.6. The van der Waals surface area contributed by atoms with Crippen LogP contribution in [0, 0.1) is 11.3 Å². The third-order valence-corrected chi connectivity index (χ3v) is 7.52. The lowest BCUT2D eigenvalue weighted by atomic mass is 9.89. The molecule has 33 heavy (non-hydrogen) atoms. The summed E-state index contributed by atoms with van der Waals surface area (Å²) in [4.78, 5) is 24.3. The Morgan fingerprint density at radius 2 is 2.06 bits per heavy atom. The second-order valence-electron chi connectivity index (χ2n) is 8.20. The summed E-state index contributed by atoms with van der Waals surface area (Å²) in [7, 11) is -1.62. The molecule has 0 aromatic carbocycles. The third-order valence-electron chi connectivity index (χ3n) is 6.22. The van der Waals surface area contributed by atoms with Crippen molar-refractivity contribution in [3.63, 3.8) is 0 Å². The van der Waals surface area contributed by atoms with Gasteiger partial charge in [-0.25, -0.2) is 32.5 Å². The molecule has 13 nitrogen and oxygen atoms in total. The number of hydrogen-bond acceptors (Lipinski definition) is 9. The number of carbonyl (C=O) groups excluding carboxylic acids is 1. The number of nitriles is 1. The largest absolute Gasteiger partial charge is 0.446 e. The molecule has 2 N–H and O–H groups in total. The summed E-state index contributed by atoms with van der Waals surface area (Å²) in [5.74, 6) is 0.383. The van der Waals surface area contributed by atoms with E-state index in [0.717, 1.165) is 0 Å². The molecule has 0 atom stereocenters. The van der Waals surface area contributed by atoms with E-state index in [9.17, 15) is 18.5 Å². The molecule has 0 aliphatic carbocycles. The maximum Gasteiger partial charge on any atom is 0.429 e. The van der Waals surface area contributed by atoms with E-state index in [1.165, 1.54) is 26.6 Å². The SMILES string of the molecule is Cn1ncc(-c2cc3c(NN4C(=O)OCC45CCN(S(C)(=O)=O)CC5)ncnc3[nH]2)c1C#N. The molecule has 0 radical (unpaired) electrons. The van der Waals surface area contributed by atoms with E-state index >= 15 is 0 Å². The zero-order chi connectivity index (χ0) is 23.4. The van der Waals surface area contributed by atoms with Crippen molar-refractivity contribution in [2.45, 2.75) is 18.4 Å². The standard InChI is InChI=1S/C19H21N9O4S/c1-26-15(8-20)13(9-23-26)14-7-12-16(24-14)21-11-22-17(12)25-28-18(29)32-10-19(28)3-5-27(6-4-19)33(2,30)31/h7,9,11H,3-6,10H2,1-2H3,(H2,21,22,24,25). The van der Waals surface area contributed by atoms with Gasteiger partial charge in [-0.3, -0.25) is 10.1 Å². The lowest BCUT2D eigenvalue weighted by molar-refractivity contribution is 0.119. The van der Waals surface area contributed by atoms with Crippen LogP contribution >= 0.6 is 0 Å². The molecule has 5 rings (SSSR count). The van der Waals surface area contributed by atoms with Crippen molar-refractivity contribution in [2.75, 3.05) is 31.4 Å². The van der Waals surface area contributed by atoms with E-state index in [1.807, 2.05) is 0 Å². The molecule has 5 heterocycles. The number of cyclic esters (lactones) is 1. The van der Waals surface area contributed by atoms with Gasteiger partial charge in [-0.15, -0.1) is 0 Å². The Balaban J connectivity index is 1.47. The lowest BCUT2D eigenvalue weighted by Crippen LogP contribution is -2.57. The Hall–Kier alpha value is -3.70. The van der Waals surface area contributed by atoms with E-state index in [2.05, 4.69) is 31.5 Å². The van der Waals surface area contributed by atoms with E-state index in [4.69, 9.17) is 4.74 Å². The van der Waals surface area contributed by atoms with Gasteiger partial charge in [-0.05, 0) is 18.9 Å². The van der Waals surface area contributed by atoms with Gasteiger partial charge in [0.25, 0.3) is 0 Å². The van der Waals surface area contributed by atoms with Gasteiger partial charge in [0, 0.05) is 20.1 Å². The Morgan fingerprint density at radius 3 is 2.76 bits per heavy atom. The number of anilines is 1. The number of hydrazine groups is 1. The van der Waals surface area contributed by atoms with Crippen LogP contribution in [-0.4, -0.2) is 80.0 Å². The molecule has 3 aromatic rings. The van der Waals surface area contributed by atoms with Crippen molar-refractivity contribution in [2.24, 2.45) is 7.05 Å². The lowest BCUT2D eigenvalue weighted by Gasteiger charge is -2.41. The van der Waals surface area contributed by atoms with Gasteiger partial charge >= 0.3 is 6.09 Å². The molecule has 2 fully saturated rings. The highest BCUT2D eigenvalue weighted by atomic mass is 32.2. The molecular weight excluding hydrogens is 450 g/mol. The number of H-pyrrole nitrogens is 1. The highest BCUT2D eigenvalue weighted by Gasteiger charge is 2.50. The number of aryl methyl sites for hydroxylation is 1. The molecule has 1 spiro atoms. The quantitative estimate of drug-likeness (QED) is 0.560. The molecule has 2 aliphatic rings. The normalized spacial score (nSPS) is 18.6. The fourth-order valence-electron chi connectivity index (χ4n) is 4.33. The summed E-state index contributed by atoms with van der Waals surface area (Å²) in [6, 6.07) is 3.92. The van der Waals surface area contributed by atoms with Crippen LogP contribution in [0.2, 0.25) is 0 Å². The Morgan fingerprint density at radius 1 is 1.30 bits per heavy atom. The van der Waals surface area contributed by atoms with Crippen LogP contribution in [0.15, 0.2) is 18.6 Å². The topological polar surface area (TPSA) is 162 Å². The molecule has 172 valence electrons. The highest BCUT2D eigenvalue weighted by molar-refractivity contribution is 7.88. The van der Waals surface area contributed by atoms with Gasteiger partial charge in [0.2, 0.25) is 10.0 Å². The van der Waals surface area contributed by atoms with E-state index < -0.39 is 21.7 Å². The summed E-state index contributed by atoms with van der Waals surface area (Å²) >= 11 is 0. The number of amides is 1. The zero-order valence-corrected chi connectivity index (χ0v) is 18.8. The van der Waals surface area contributed by atoms with Crippen molar-refractivity contribution in [1.82, 2.24) is 34.0 Å². The summed E-state index contributed by atoms with van der Waals surface area (Å²) < 4.78 is 32.0. The van der Waals surface area contributed by atoms with Crippen molar-refractivity contribution < 1.29 is 17.9 Å². The number of sulfonamides is 1. The van der Waals surface area contributed by atoms with Crippen LogP contribution < -0.4 is 5.43 Å². The molecule has 3 aromatic heterocycles. The zero-order valence-electron chi connectivity index (χ0n) is 17.9. The molecule has 1 amide bonds. The number of nitrogens with one attached hydrogen (secondary N) is 2. The van der Waals surface area contributed by atoms with Crippen LogP contribution in [0.3, 0.4) is 0 Å². The molecular formula is C19H21N9O4S. The third kappa shape index (κ3) is 3.45.